The van der Waals surface area contributed by atoms with Crippen molar-refractivity contribution in [3.8, 4) is 11.5 Å². The van der Waals surface area contributed by atoms with Crippen molar-refractivity contribution < 1.29 is 18.3 Å². The first kappa shape index (κ1) is 26.5. The summed E-state index contributed by atoms with van der Waals surface area (Å²) in [7, 11) is 1.78. The van der Waals surface area contributed by atoms with E-state index in [0.717, 1.165) is 49.9 Å². The van der Waals surface area contributed by atoms with Gasteiger partial charge in [0.1, 0.15) is 29.0 Å². The fraction of sp³-hybridized carbons (Fsp3) is 0.321. The van der Waals surface area contributed by atoms with Gasteiger partial charge in [0, 0.05) is 63.7 Å². The van der Waals surface area contributed by atoms with E-state index in [1.165, 1.54) is 0 Å². The predicted octanol–water partition coefficient (Wildman–Crippen LogP) is 4.75. The van der Waals surface area contributed by atoms with Crippen LogP contribution in [0.15, 0.2) is 54.7 Å². The van der Waals surface area contributed by atoms with Crippen molar-refractivity contribution in [2.45, 2.75) is 19.9 Å². The van der Waals surface area contributed by atoms with Gasteiger partial charge in [0.05, 0.1) is 23.3 Å². The van der Waals surface area contributed by atoms with Gasteiger partial charge in [-0.2, -0.15) is 0 Å². The van der Waals surface area contributed by atoms with Crippen LogP contribution in [-0.2, 0) is 11.8 Å². The van der Waals surface area contributed by atoms with Crippen LogP contribution < -0.4 is 15.4 Å². The average molecular weight is 536 g/mol. The van der Waals surface area contributed by atoms with Crippen LogP contribution in [0.25, 0.3) is 11.0 Å². The number of benzene rings is 2. The van der Waals surface area contributed by atoms with E-state index in [1.54, 1.807) is 42.1 Å². The number of ether oxygens (including phenoxy) is 1. The number of imidazole rings is 1. The van der Waals surface area contributed by atoms with Gasteiger partial charge in [0.2, 0.25) is 11.9 Å². The van der Waals surface area contributed by atoms with Crippen LogP contribution in [0, 0.1) is 11.6 Å². The minimum atomic E-state index is -0.582. The number of carbonyl (C=O) groups excluding carboxylic acids is 1. The number of hydrogen-bond acceptors (Lipinski definition) is 7. The molecule has 0 saturated carbocycles. The molecule has 1 fully saturated rings. The number of amides is 1. The van der Waals surface area contributed by atoms with Crippen LogP contribution in [0.5, 0.6) is 11.5 Å². The SMILES string of the molecule is CC(C)N1CCN(CC(=O)Nc2cc(Oc3ccc4c(c3)nc(Nc3cc(F)ccc3F)n4C)ccn2)CC1. The van der Waals surface area contributed by atoms with Gasteiger partial charge in [-0.15, -0.1) is 0 Å². The number of halogens is 2. The van der Waals surface area contributed by atoms with Crippen molar-refractivity contribution in [2.24, 2.45) is 7.05 Å². The topological polar surface area (TPSA) is 87.5 Å². The van der Waals surface area contributed by atoms with Gasteiger partial charge < -0.3 is 19.9 Å². The first-order valence-corrected chi connectivity index (χ1v) is 12.8. The second-order valence-electron chi connectivity index (χ2n) is 9.83. The molecule has 0 atom stereocenters. The number of aryl methyl sites for hydroxylation is 1. The minimum absolute atomic E-state index is 0.00550. The summed E-state index contributed by atoms with van der Waals surface area (Å²) in [5.74, 6) is 0.527. The standard InChI is InChI=1S/C28H31F2N7O2/c1-18(2)37-12-10-36(11-13-37)17-27(38)34-26-16-21(8-9-31-26)39-20-5-7-25-24(15-20)33-28(35(25)3)32-23-14-19(29)4-6-22(23)30/h4-9,14-16,18H,10-13,17H2,1-3H3,(H,32,33)(H,31,34,38). The van der Waals surface area contributed by atoms with Gasteiger partial charge in [0.25, 0.3) is 0 Å². The van der Waals surface area contributed by atoms with Crippen LogP contribution in [0.4, 0.5) is 26.2 Å². The Balaban J connectivity index is 1.23. The lowest BCUT2D eigenvalue weighted by molar-refractivity contribution is -0.117. The second-order valence-corrected chi connectivity index (χ2v) is 9.83. The first-order chi connectivity index (χ1) is 18.7. The zero-order valence-electron chi connectivity index (χ0n) is 22.1. The summed E-state index contributed by atoms with van der Waals surface area (Å²) in [6, 6.07) is 12.4. The molecular weight excluding hydrogens is 504 g/mol. The summed E-state index contributed by atoms with van der Waals surface area (Å²) in [5.41, 5.74) is 1.38. The van der Waals surface area contributed by atoms with Crippen LogP contribution in [0.1, 0.15) is 13.8 Å². The number of nitrogens with zero attached hydrogens (tertiary/aromatic N) is 5. The molecule has 11 heteroatoms. The van der Waals surface area contributed by atoms with Crippen molar-refractivity contribution >= 4 is 34.4 Å². The van der Waals surface area contributed by atoms with Crippen molar-refractivity contribution in [1.29, 1.82) is 0 Å². The lowest BCUT2D eigenvalue weighted by Gasteiger charge is -2.36. The Labute approximate surface area is 225 Å². The predicted molar refractivity (Wildman–Crippen MR) is 146 cm³/mol. The number of rotatable bonds is 8. The molecule has 2 N–H and O–H groups in total. The molecule has 204 valence electrons. The average Bonchev–Trinajstić information content (AvgIpc) is 3.21. The largest absolute Gasteiger partial charge is 0.457 e. The van der Waals surface area contributed by atoms with Crippen LogP contribution in [0.3, 0.4) is 0 Å². The molecule has 5 rings (SSSR count). The third-order valence-electron chi connectivity index (χ3n) is 6.77. The van der Waals surface area contributed by atoms with E-state index < -0.39 is 11.6 Å². The molecule has 39 heavy (non-hydrogen) atoms. The van der Waals surface area contributed by atoms with Gasteiger partial charge in [-0.25, -0.2) is 18.7 Å². The Kier molecular flexibility index (Phi) is 7.71. The van der Waals surface area contributed by atoms with Crippen LogP contribution in [0.2, 0.25) is 0 Å². The normalized spacial score (nSPS) is 14.6. The molecule has 0 radical (unpaired) electrons. The maximum atomic E-state index is 14.1. The number of fused-ring (bicyclic) bond motifs is 1. The molecule has 3 heterocycles. The summed E-state index contributed by atoms with van der Waals surface area (Å²) in [6.07, 6.45) is 1.57. The van der Waals surface area contributed by atoms with Crippen molar-refractivity contribution in [3.63, 3.8) is 0 Å². The second kappa shape index (κ2) is 11.3. The monoisotopic (exact) mass is 535 g/mol. The number of pyridine rings is 1. The third kappa shape index (κ3) is 6.32. The number of piperazine rings is 1. The molecule has 1 aliphatic heterocycles. The first-order valence-electron chi connectivity index (χ1n) is 12.8. The van der Waals surface area contributed by atoms with E-state index in [-0.39, 0.29) is 11.6 Å². The lowest BCUT2D eigenvalue weighted by atomic mass is 10.2. The van der Waals surface area contributed by atoms with Crippen LogP contribution >= 0.6 is 0 Å². The number of carbonyl (C=O) groups is 1. The molecule has 4 aromatic rings. The van der Waals surface area contributed by atoms with Crippen molar-refractivity contribution in [2.75, 3.05) is 43.4 Å². The molecule has 9 nitrogen and oxygen atoms in total. The summed E-state index contributed by atoms with van der Waals surface area (Å²) in [6.45, 7) is 8.29. The van der Waals surface area contributed by atoms with Gasteiger partial charge in [-0.1, -0.05) is 0 Å². The lowest BCUT2D eigenvalue weighted by Crippen LogP contribution is -2.50. The molecule has 2 aromatic heterocycles. The number of anilines is 3. The maximum absolute atomic E-state index is 14.1. The van der Waals surface area contributed by atoms with E-state index in [2.05, 4.69) is 44.2 Å². The van der Waals surface area contributed by atoms with Crippen molar-refractivity contribution in [3.05, 3.63) is 66.4 Å². The third-order valence-corrected chi connectivity index (χ3v) is 6.77. The molecule has 0 spiro atoms. The highest BCUT2D eigenvalue weighted by atomic mass is 19.1. The summed E-state index contributed by atoms with van der Waals surface area (Å²) >= 11 is 0. The van der Waals surface area contributed by atoms with E-state index in [4.69, 9.17) is 4.74 Å². The molecule has 1 aliphatic rings. The van der Waals surface area contributed by atoms with E-state index in [1.807, 2.05) is 6.07 Å². The fourth-order valence-corrected chi connectivity index (χ4v) is 4.57. The highest BCUT2D eigenvalue weighted by Gasteiger charge is 2.20. The molecule has 0 aliphatic carbocycles. The Bertz CT molecular complexity index is 1480. The fourth-order valence-electron chi connectivity index (χ4n) is 4.57. The summed E-state index contributed by atoms with van der Waals surface area (Å²) in [4.78, 5) is 25.9. The van der Waals surface area contributed by atoms with Gasteiger partial charge in [0.15, 0.2) is 0 Å². The number of aromatic nitrogens is 3. The van der Waals surface area contributed by atoms with Crippen molar-refractivity contribution in [1.82, 2.24) is 24.3 Å². The smallest absolute Gasteiger partial charge is 0.239 e. The van der Waals surface area contributed by atoms with E-state index >= 15 is 0 Å². The quantitative estimate of drug-likeness (QED) is 0.337. The Morgan fingerprint density at radius 3 is 2.56 bits per heavy atom. The van der Waals surface area contributed by atoms with E-state index in [9.17, 15) is 13.6 Å². The molecule has 0 unspecified atom stereocenters. The molecule has 1 amide bonds. The van der Waals surface area contributed by atoms with Crippen LogP contribution in [-0.4, -0.2) is 69.0 Å². The number of hydrogen-bond donors (Lipinski definition) is 2. The summed E-state index contributed by atoms with van der Waals surface area (Å²) in [5, 5.41) is 5.70. The maximum Gasteiger partial charge on any atom is 0.239 e. The zero-order chi connectivity index (χ0) is 27.5. The Morgan fingerprint density at radius 2 is 1.79 bits per heavy atom. The highest BCUT2D eigenvalue weighted by Crippen LogP contribution is 2.29. The molecule has 2 aromatic carbocycles. The zero-order valence-corrected chi connectivity index (χ0v) is 22.1. The highest BCUT2D eigenvalue weighted by molar-refractivity contribution is 5.91. The van der Waals surface area contributed by atoms with Gasteiger partial charge >= 0.3 is 0 Å². The summed E-state index contributed by atoms with van der Waals surface area (Å²) < 4.78 is 35.4. The van der Waals surface area contributed by atoms with Gasteiger partial charge in [-0.3, -0.25) is 14.6 Å². The molecule has 1 saturated heterocycles. The van der Waals surface area contributed by atoms with E-state index in [0.29, 0.717) is 41.4 Å². The Morgan fingerprint density at radius 1 is 1.03 bits per heavy atom. The number of nitrogens with one attached hydrogen (secondary N) is 2. The minimum Gasteiger partial charge on any atom is -0.457 e. The van der Waals surface area contributed by atoms with Gasteiger partial charge in [-0.05, 0) is 44.2 Å². The Hall–Kier alpha value is -4.09. The molecular formula is C28H31F2N7O2. The molecule has 0 bridgehead atoms.